The van der Waals surface area contributed by atoms with Gasteiger partial charge in [-0.2, -0.15) is 0 Å². The van der Waals surface area contributed by atoms with E-state index in [-0.39, 0.29) is 11.7 Å². The van der Waals surface area contributed by atoms with Gasteiger partial charge in [0.2, 0.25) is 0 Å². The molecule has 7 heteroatoms. The molecule has 0 radical (unpaired) electrons. The summed E-state index contributed by atoms with van der Waals surface area (Å²) in [5.74, 6) is 0. The van der Waals surface area contributed by atoms with Crippen molar-refractivity contribution in [3.05, 3.63) is 33.6 Å². The van der Waals surface area contributed by atoms with Gasteiger partial charge in [0.15, 0.2) is 0 Å². The van der Waals surface area contributed by atoms with Gasteiger partial charge >= 0.3 is 6.09 Å². The van der Waals surface area contributed by atoms with Gasteiger partial charge in [-0.1, -0.05) is 0 Å². The fourth-order valence-corrected chi connectivity index (χ4v) is 2.29. The second kappa shape index (κ2) is 5.67. The number of alkyl carbamates (subject to hydrolysis) is 1. The Balaban J connectivity index is 2.00. The maximum absolute atomic E-state index is 11.7. The van der Waals surface area contributed by atoms with Crippen molar-refractivity contribution in [1.82, 2.24) is 10.3 Å². The van der Waals surface area contributed by atoms with Gasteiger partial charge in [-0.15, -0.1) is 0 Å². The number of nitrogens with zero attached hydrogens (tertiary/aromatic N) is 2. The number of rotatable bonds is 2. The second-order valence-corrected chi connectivity index (χ2v) is 6.14. The first kappa shape index (κ1) is 15.2. The zero-order chi connectivity index (χ0) is 15.6. The minimum atomic E-state index is -0.532. The second-order valence-electron chi connectivity index (χ2n) is 6.14. The minimum absolute atomic E-state index is 0.00676. The highest BCUT2D eigenvalue weighted by atomic mass is 16.6. The third-order valence-corrected chi connectivity index (χ3v) is 3.18. The lowest BCUT2D eigenvalue weighted by molar-refractivity contribution is -0.385. The highest BCUT2D eigenvalue weighted by molar-refractivity contribution is 5.68. The van der Waals surface area contributed by atoms with Gasteiger partial charge < -0.3 is 10.1 Å². The summed E-state index contributed by atoms with van der Waals surface area (Å²) in [5, 5.41) is 13.5. The van der Waals surface area contributed by atoms with Crippen LogP contribution in [0.1, 0.15) is 38.4 Å². The summed E-state index contributed by atoms with van der Waals surface area (Å²) in [6.07, 6.45) is 2.75. The molecule has 0 aliphatic heterocycles. The maximum Gasteiger partial charge on any atom is 0.407 e. The van der Waals surface area contributed by atoms with Crippen LogP contribution in [0.25, 0.3) is 0 Å². The average Bonchev–Trinajstić information content (AvgIpc) is 2.35. The summed E-state index contributed by atoms with van der Waals surface area (Å²) in [6.45, 7) is 5.43. The predicted molar refractivity (Wildman–Crippen MR) is 76.1 cm³/mol. The third-order valence-electron chi connectivity index (χ3n) is 3.18. The van der Waals surface area contributed by atoms with Crippen LogP contribution < -0.4 is 5.32 Å². The van der Waals surface area contributed by atoms with E-state index in [1.807, 2.05) is 20.8 Å². The van der Waals surface area contributed by atoms with Crippen LogP contribution in [0.3, 0.4) is 0 Å². The van der Waals surface area contributed by atoms with E-state index in [4.69, 9.17) is 4.74 Å². The van der Waals surface area contributed by atoms with Crippen molar-refractivity contribution >= 4 is 11.8 Å². The van der Waals surface area contributed by atoms with Crippen LogP contribution in [0, 0.1) is 10.1 Å². The zero-order valence-electron chi connectivity index (χ0n) is 12.4. The summed E-state index contributed by atoms with van der Waals surface area (Å²) in [6, 6.07) is 1.51. The summed E-state index contributed by atoms with van der Waals surface area (Å²) in [5.41, 5.74) is 1.15. The fraction of sp³-hybridized carbons (Fsp3) is 0.571. The molecular weight excluding hydrogens is 274 g/mol. The molecule has 0 aromatic carbocycles. The Bertz CT molecular complexity index is 566. The molecule has 0 bridgehead atoms. The smallest absolute Gasteiger partial charge is 0.407 e. The summed E-state index contributed by atoms with van der Waals surface area (Å²) in [4.78, 5) is 26.2. The number of aryl methyl sites for hydroxylation is 1. The van der Waals surface area contributed by atoms with Crippen molar-refractivity contribution in [1.29, 1.82) is 0 Å². The van der Waals surface area contributed by atoms with Crippen LogP contribution >= 0.6 is 0 Å². The number of nitrogens with one attached hydrogen (secondary N) is 1. The van der Waals surface area contributed by atoms with E-state index in [1.54, 1.807) is 6.07 Å². The molecule has 1 aromatic rings. The number of hydrogen-bond donors (Lipinski definition) is 1. The van der Waals surface area contributed by atoms with E-state index >= 15 is 0 Å². The molecule has 1 heterocycles. The Morgan fingerprint density at radius 2 is 2.24 bits per heavy atom. The average molecular weight is 293 g/mol. The largest absolute Gasteiger partial charge is 0.444 e. The Labute approximate surface area is 122 Å². The van der Waals surface area contributed by atoms with Crippen molar-refractivity contribution in [2.24, 2.45) is 0 Å². The topological polar surface area (TPSA) is 94.4 Å². The van der Waals surface area contributed by atoms with Gasteiger partial charge in [-0.25, -0.2) is 4.79 Å². The van der Waals surface area contributed by atoms with Gasteiger partial charge in [0.1, 0.15) is 11.8 Å². The molecule has 1 N–H and O–H groups in total. The Morgan fingerprint density at radius 3 is 2.86 bits per heavy atom. The van der Waals surface area contributed by atoms with Gasteiger partial charge in [-0.3, -0.25) is 15.1 Å². The van der Waals surface area contributed by atoms with E-state index in [2.05, 4.69) is 10.3 Å². The molecule has 1 aliphatic rings. The number of carbonyl (C=O) groups excluding carboxylic acids is 1. The van der Waals surface area contributed by atoms with Gasteiger partial charge in [0.05, 0.1) is 4.92 Å². The van der Waals surface area contributed by atoms with E-state index in [1.165, 1.54) is 6.20 Å². The van der Waals surface area contributed by atoms with Crippen molar-refractivity contribution in [2.75, 3.05) is 0 Å². The van der Waals surface area contributed by atoms with Crippen LogP contribution in [0.2, 0.25) is 0 Å². The van der Waals surface area contributed by atoms with Crippen LogP contribution in [0.5, 0.6) is 0 Å². The highest BCUT2D eigenvalue weighted by Gasteiger charge is 2.25. The third kappa shape index (κ3) is 4.14. The first-order valence-electron chi connectivity index (χ1n) is 6.86. The lowest BCUT2D eigenvalue weighted by Crippen LogP contribution is -2.42. The molecule has 0 saturated heterocycles. The SMILES string of the molecule is CC(C)(C)OC(=O)NC1CCc2cc([N+](=O)[O-])cnc2C1. The Morgan fingerprint density at radius 1 is 1.52 bits per heavy atom. The zero-order valence-corrected chi connectivity index (χ0v) is 12.4. The number of fused-ring (bicyclic) bond motifs is 1. The number of carbonyl (C=O) groups is 1. The fourth-order valence-electron chi connectivity index (χ4n) is 2.29. The quantitative estimate of drug-likeness (QED) is 0.667. The normalized spacial score (nSPS) is 17.8. The number of ether oxygens (including phenoxy) is 1. The number of hydrogen-bond acceptors (Lipinski definition) is 5. The lowest BCUT2D eigenvalue weighted by Gasteiger charge is -2.26. The molecule has 1 aromatic heterocycles. The molecule has 1 amide bonds. The molecule has 1 aliphatic carbocycles. The van der Waals surface area contributed by atoms with E-state index in [0.717, 1.165) is 17.7 Å². The lowest BCUT2D eigenvalue weighted by atomic mass is 9.92. The van der Waals surface area contributed by atoms with Crippen molar-refractivity contribution in [2.45, 2.75) is 51.7 Å². The Hall–Kier alpha value is -2.18. The standard InChI is InChI=1S/C14H19N3O4/c1-14(2,3)21-13(18)16-10-5-4-9-6-11(17(19)20)8-15-12(9)7-10/h6,8,10H,4-5,7H2,1-3H3,(H,16,18). The predicted octanol–water partition coefficient (Wildman–Crippen LogP) is 2.37. The monoisotopic (exact) mass is 293 g/mol. The van der Waals surface area contributed by atoms with Gasteiger partial charge in [0.25, 0.3) is 5.69 Å². The number of aromatic nitrogens is 1. The molecule has 1 unspecified atom stereocenters. The van der Waals surface area contributed by atoms with Crippen LogP contribution in [0.15, 0.2) is 12.3 Å². The summed E-state index contributed by atoms with van der Waals surface area (Å²) in [7, 11) is 0. The van der Waals surface area contributed by atoms with Crippen LogP contribution in [0.4, 0.5) is 10.5 Å². The van der Waals surface area contributed by atoms with Crippen LogP contribution in [-0.4, -0.2) is 27.6 Å². The van der Waals surface area contributed by atoms with E-state index < -0.39 is 16.6 Å². The number of amides is 1. The molecule has 7 nitrogen and oxygen atoms in total. The highest BCUT2D eigenvalue weighted by Crippen LogP contribution is 2.23. The molecule has 0 spiro atoms. The number of pyridine rings is 1. The molecule has 21 heavy (non-hydrogen) atoms. The molecular formula is C14H19N3O4. The van der Waals surface area contributed by atoms with Crippen molar-refractivity contribution in [3.8, 4) is 0 Å². The van der Waals surface area contributed by atoms with E-state index in [0.29, 0.717) is 12.8 Å². The Kier molecular flexibility index (Phi) is 4.11. The number of nitro groups is 1. The van der Waals surface area contributed by atoms with Crippen LogP contribution in [-0.2, 0) is 17.6 Å². The molecule has 0 saturated carbocycles. The van der Waals surface area contributed by atoms with E-state index in [9.17, 15) is 14.9 Å². The molecule has 114 valence electrons. The van der Waals surface area contributed by atoms with Crippen molar-refractivity contribution in [3.63, 3.8) is 0 Å². The summed E-state index contributed by atoms with van der Waals surface area (Å²) >= 11 is 0. The first-order valence-corrected chi connectivity index (χ1v) is 6.86. The maximum atomic E-state index is 11.7. The van der Waals surface area contributed by atoms with Gasteiger partial charge in [-0.05, 0) is 39.2 Å². The first-order chi connectivity index (χ1) is 9.74. The molecule has 1 atom stereocenters. The molecule has 2 rings (SSSR count). The van der Waals surface area contributed by atoms with Gasteiger partial charge in [0, 0.05) is 24.2 Å². The summed E-state index contributed by atoms with van der Waals surface area (Å²) < 4.78 is 5.22. The van der Waals surface area contributed by atoms with Crippen molar-refractivity contribution < 1.29 is 14.5 Å². The minimum Gasteiger partial charge on any atom is -0.444 e. The molecule has 0 fully saturated rings.